The third-order valence-electron chi connectivity index (χ3n) is 4.27. The van der Waals surface area contributed by atoms with E-state index in [1.165, 1.54) is 33.4 Å². The summed E-state index contributed by atoms with van der Waals surface area (Å²) < 4.78 is 6.04. The standard InChI is InChI=1S/C21H25OSi.2ClH.Zr/c1-5-18-20-11-7-6-9-17(20)15-21(18)19-12-8-10-16(19)13-14-22-23(2,3)4;;;/h5-11H,12-14H2,1-4H3;2*1H;/q-1;;;+3/p-2. The number of allylic oxidation sites excluding steroid dienone is 6. The molecule has 0 spiro atoms. The van der Waals surface area contributed by atoms with Gasteiger partial charge in [-0.3, -0.25) is 0 Å². The first-order chi connectivity index (χ1) is 11.0. The molecule has 0 N–H and O–H groups in total. The van der Waals surface area contributed by atoms with E-state index in [-0.39, 0.29) is 51.0 Å². The summed E-state index contributed by atoms with van der Waals surface area (Å²) in [4.78, 5) is 0. The van der Waals surface area contributed by atoms with Crippen LogP contribution in [0, 0.1) is 6.08 Å². The number of hydrogen-bond donors (Lipinski definition) is 0. The summed E-state index contributed by atoms with van der Waals surface area (Å²) in [5, 5.41) is 0. The predicted octanol–water partition coefficient (Wildman–Crippen LogP) is -0.315. The SMILES string of the molecule is CC=C1C(C2=C(CCO[Si](C)(C)C)C=CC2)=[C-]c2ccccc21.[Cl-].[Cl-].[Zr+3]. The fraction of sp³-hybridized carbons (Fsp3) is 0.333. The maximum Gasteiger partial charge on any atom is 3.00 e. The first-order valence-electron chi connectivity index (χ1n) is 8.42. The summed E-state index contributed by atoms with van der Waals surface area (Å²) in [6.07, 6.45) is 12.4. The van der Waals surface area contributed by atoms with Crippen molar-refractivity contribution in [1.82, 2.24) is 0 Å². The number of benzene rings is 1. The maximum atomic E-state index is 6.04. The number of rotatable bonds is 5. The summed E-state index contributed by atoms with van der Waals surface area (Å²) in [5.74, 6) is 0. The summed E-state index contributed by atoms with van der Waals surface area (Å²) in [6.45, 7) is 9.68. The monoisotopic (exact) mass is 481 g/mol. The molecule has 0 aliphatic heterocycles. The minimum Gasteiger partial charge on any atom is -1.00 e. The van der Waals surface area contributed by atoms with Crippen LogP contribution < -0.4 is 24.8 Å². The second-order valence-corrected chi connectivity index (χ2v) is 11.6. The van der Waals surface area contributed by atoms with Crippen LogP contribution in [0.3, 0.4) is 0 Å². The molecule has 0 unspecified atom stereocenters. The molecule has 2 aliphatic rings. The van der Waals surface area contributed by atoms with Crippen LogP contribution in [-0.4, -0.2) is 14.9 Å². The van der Waals surface area contributed by atoms with Crippen molar-refractivity contribution in [3.63, 3.8) is 0 Å². The summed E-state index contributed by atoms with van der Waals surface area (Å²) in [6, 6.07) is 8.55. The third-order valence-corrected chi connectivity index (χ3v) is 5.34. The molecule has 1 aromatic rings. The summed E-state index contributed by atoms with van der Waals surface area (Å²) >= 11 is 0. The van der Waals surface area contributed by atoms with Gasteiger partial charge in [-0.25, -0.2) is 0 Å². The van der Waals surface area contributed by atoms with E-state index in [2.05, 4.69) is 75.1 Å². The molecule has 0 saturated heterocycles. The third kappa shape index (κ3) is 5.91. The van der Waals surface area contributed by atoms with E-state index in [9.17, 15) is 0 Å². The molecular formula is C21H25Cl2OSiZr. The topological polar surface area (TPSA) is 9.23 Å². The minimum atomic E-state index is -1.44. The van der Waals surface area contributed by atoms with Gasteiger partial charge in [0.25, 0.3) is 0 Å². The summed E-state index contributed by atoms with van der Waals surface area (Å²) in [5.41, 5.74) is 7.96. The maximum absolute atomic E-state index is 6.04. The first-order valence-corrected chi connectivity index (χ1v) is 11.8. The second-order valence-electron chi connectivity index (χ2n) is 7.07. The molecule has 137 valence electrons. The average Bonchev–Trinajstić information content (AvgIpc) is 3.09. The van der Waals surface area contributed by atoms with Gasteiger partial charge in [-0.1, -0.05) is 48.4 Å². The molecule has 0 atom stereocenters. The number of halogens is 2. The largest absolute Gasteiger partial charge is 3.00 e. The molecule has 1 radical (unpaired) electrons. The fourth-order valence-corrected chi connectivity index (χ4v) is 3.93. The molecule has 5 heteroatoms. The summed E-state index contributed by atoms with van der Waals surface area (Å²) in [7, 11) is -1.44. The van der Waals surface area contributed by atoms with E-state index in [0.29, 0.717) is 0 Å². The van der Waals surface area contributed by atoms with E-state index in [4.69, 9.17) is 4.43 Å². The molecular weight excluding hydrogens is 458 g/mol. The van der Waals surface area contributed by atoms with Crippen LogP contribution in [-0.2, 0) is 30.6 Å². The van der Waals surface area contributed by atoms with Gasteiger partial charge in [0.05, 0.1) is 0 Å². The van der Waals surface area contributed by atoms with Gasteiger partial charge in [0.1, 0.15) is 0 Å². The Labute approximate surface area is 190 Å². The van der Waals surface area contributed by atoms with Crippen LogP contribution >= 0.6 is 0 Å². The molecule has 0 heterocycles. The molecule has 0 saturated carbocycles. The van der Waals surface area contributed by atoms with Gasteiger partial charge in [0.15, 0.2) is 8.32 Å². The van der Waals surface area contributed by atoms with Crippen molar-refractivity contribution in [1.29, 1.82) is 0 Å². The van der Waals surface area contributed by atoms with Crippen molar-refractivity contribution in [2.45, 2.75) is 39.4 Å². The van der Waals surface area contributed by atoms with E-state index < -0.39 is 8.32 Å². The van der Waals surface area contributed by atoms with Gasteiger partial charge in [-0.2, -0.15) is 0 Å². The van der Waals surface area contributed by atoms with Crippen molar-refractivity contribution < 1.29 is 55.4 Å². The quantitative estimate of drug-likeness (QED) is 0.412. The van der Waals surface area contributed by atoms with Crippen LogP contribution in [0.25, 0.3) is 5.57 Å². The molecule has 0 fully saturated rings. The Morgan fingerprint density at radius 2 is 1.85 bits per heavy atom. The number of fused-ring (bicyclic) bond motifs is 1. The van der Waals surface area contributed by atoms with Crippen molar-refractivity contribution in [3.05, 3.63) is 76.4 Å². The van der Waals surface area contributed by atoms with Crippen molar-refractivity contribution in [3.8, 4) is 0 Å². The van der Waals surface area contributed by atoms with Gasteiger partial charge in [0, 0.05) is 6.61 Å². The Morgan fingerprint density at radius 1 is 1.15 bits per heavy atom. The Balaban J connectivity index is 0.00000208. The van der Waals surface area contributed by atoms with E-state index in [1.807, 2.05) is 0 Å². The zero-order valence-corrected chi connectivity index (χ0v) is 20.8. The van der Waals surface area contributed by atoms with Gasteiger partial charge in [-0.15, -0.1) is 40.5 Å². The van der Waals surface area contributed by atoms with Crippen LogP contribution in [0.5, 0.6) is 0 Å². The van der Waals surface area contributed by atoms with Crippen LogP contribution in [0.4, 0.5) is 0 Å². The molecule has 1 nitrogen and oxygen atoms in total. The predicted molar refractivity (Wildman–Crippen MR) is 101 cm³/mol. The van der Waals surface area contributed by atoms with Gasteiger partial charge >= 0.3 is 26.2 Å². The molecule has 2 aliphatic carbocycles. The molecule has 0 amide bonds. The minimum absolute atomic E-state index is 0. The van der Waals surface area contributed by atoms with Crippen LogP contribution in [0.2, 0.25) is 19.6 Å². The van der Waals surface area contributed by atoms with Gasteiger partial charge in [-0.05, 0) is 32.5 Å². The Bertz CT molecular complexity index is 743. The fourth-order valence-electron chi connectivity index (χ4n) is 3.22. The van der Waals surface area contributed by atoms with Crippen molar-refractivity contribution in [2.75, 3.05) is 6.61 Å². The van der Waals surface area contributed by atoms with E-state index >= 15 is 0 Å². The zero-order valence-electron chi connectivity index (χ0n) is 15.8. The van der Waals surface area contributed by atoms with Gasteiger partial charge < -0.3 is 29.2 Å². The van der Waals surface area contributed by atoms with Crippen LogP contribution in [0.15, 0.2) is 59.2 Å². The molecule has 26 heavy (non-hydrogen) atoms. The molecule has 0 aromatic heterocycles. The Kier molecular flexibility index (Phi) is 10.9. The molecule has 1 aromatic carbocycles. The average molecular weight is 484 g/mol. The molecule has 0 bridgehead atoms. The van der Waals surface area contributed by atoms with Crippen molar-refractivity contribution >= 4 is 13.9 Å². The second kappa shape index (κ2) is 11.0. The van der Waals surface area contributed by atoms with E-state index in [1.54, 1.807) is 0 Å². The van der Waals surface area contributed by atoms with Crippen LogP contribution in [0.1, 0.15) is 30.9 Å². The van der Waals surface area contributed by atoms with Crippen molar-refractivity contribution in [2.24, 2.45) is 0 Å². The zero-order chi connectivity index (χ0) is 16.4. The molecule has 3 rings (SSSR count). The van der Waals surface area contributed by atoms with Gasteiger partial charge in [0.2, 0.25) is 0 Å². The smallest absolute Gasteiger partial charge is 1.00 e. The Hall–Kier alpha value is -0.180. The van der Waals surface area contributed by atoms with E-state index in [0.717, 1.165) is 19.4 Å². The first kappa shape index (κ1) is 25.8. The normalized spacial score (nSPS) is 16.6. The number of hydrogen-bond acceptors (Lipinski definition) is 1. The Morgan fingerprint density at radius 3 is 2.50 bits per heavy atom.